The minimum atomic E-state index is -4.25. The van der Waals surface area contributed by atoms with Gasteiger partial charge < -0.3 is 10.2 Å². The Morgan fingerprint density at radius 2 is 1.86 bits per heavy atom. The highest BCUT2D eigenvalue weighted by Gasteiger charge is 2.43. The van der Waals surface area contributed by atoms with E-state index >= 15 is 0 Å². The topological polar surface area (TPSA) is 49.4 Å². The molecule has 1 heterocycles. The van der Waals surface area contributed by atoms with Crippen LogP contribution in [0.25, 0.3) is 0 Å². The van der Waals surface area contributed by atoms with Crippen LogP contribution >= 0.6 is 23.2 Å². The van der Waals surface area contributed by atoms with E-state index < -0.39 is 36.0 Å². The maximum absolute atomic E-state index is 13.0. The second-order valence-corrected chi connectivity index (χ2v) is 8.24. The monoisotopic (exact) mass is 436 g/mol. The summed E-state index contributed by atoms with van der Waals surface area (Å²) in [5, 5.41) is 3.33. The molecule has 2 aliphatic rings. The quantitative estimate of drug-likeness (QED) is 0.736. The zero-order valence-electron chi connectivity index (χ0n) is 15.1. The number of halogens is 5. The molecule has 28 heavy (non-hydrogen) atoms. The number of rotatable bonds is 3. The summed E-state index contributed by atoms with van der Waals surface area (Å²) in [6, 6.07) is 3.29. The van der Waals surface area contributed by atoms with Crippen molar-refractivity contribution in [2.24, 2.45) is 5.92 Å². The van der Waals surface area contributed by atoms with Crippen LogP contribution in [0.1, 0.15) is 48.9 Å². The molecule has 1 aromatic rings. The minimum Gasteiger partial charge on any atom is -0.352 e. The van der Waals surface area contributed by atoms with E-state index in [9.17, 15) is 22.8 Å². The summed E-state index contributed by atoms with van der Waals surface area (Å²) in [5.74, 6) is -2.20. The summed E-state index contributed by atoms with van der Waals surface area (Å²) in [5.41, 5.74) is 0.212. The Labute approximate surface area is 171 Å². The summed E-state index contributed by atoms with van der Waals surface area (Å²) >= 11 is 12.0. The van der Waals surface area contributed by atoms with Crippen molar-refractivity contribution in [3.05, 3.63) is 33.8 Å². The van der Waals surface area contributed by atoms with Crippen molar-refractivity contribution in [3.63, 3.8) is 0 Å². The van der Waals surface area contributed by atoms with Crippen molar-refractivity contribution in [2.75, 3.05) is 6.54 Å². The van der Waals surface area contributed by atoms with Crippen molar-refractivity contribution >= 4 is 35.0 Å². The standard InChI is InChI=1S/C19H21Cl2F3N2O2/c20-12-6-7-15(21)14(10-12)18(28)26-8-2-5-16(26)17(27)25-13-4-1-3-11(9-13)19(22,23)24/h6-7,10-11,13,16H,1-5,8-9H2,(H,25,27). The Hall–Kier alpha value is -1.47. The molecular formula is C19H21Cl2F3N2O2. The molecular weight excluding hydrogens is 416 g/mol. The van der Waals surface area contributed by atoms with Crippen molar-refractivity contribution in [3.8, 4) is 0 Å². The van der Waals surface area contributed by atoms with Crippen LogP contribution in [-0.2, 0) is 4.79 Å². The first-order valence-electron chi connectivity index (χ1n) is 9.30. The third kappa shape index (κ3) is 4.74. The third-order valence-electron chi connectivity index (χ3n) is 5.46. The van der Waals surface area contributed by atoms with Gasteiger partial charge in [-0.05, 0) is 50.3 Å². The van der Waals surface area contributed by atoms with Gasteiger partial charge in [0, 0.05) is 17.6 Å². The number of amides is 2. The number of nitrogens with zero attached hydrogens (tertiary/aromatic N) is 1. The summed E-state index contributed by atoms with van der Waals surface area (Å²) in [7, 11) is 0. The third-order valence-corrected chi connectivity index (χ3v) is 6.02. The number of carbonyl (C=O) groups excluding carboxylic acids is 2. The molecule has 2 amide bonds. The van der Waals surface area contributed by atoms with Crippen molar-refractivity contribution in [1.82, 2.24) is 10.2 Å². The number of hydrogen-bond donors (Lipinski definition) is 1. The molecule has 0 radical (unpaired) electrons. The number of nitrogens with one attached hydrogen (secondary N) is 1. The van der Waals surface area contributed by atoms with Crippen LogP contribution < -0.4 is 5.32 Å². The first-order chi connectivity index (χ1) is 13.2. The smallest absolute Gasteiger partial charge is 0.352 e. The van der Waals surface area contributed by atoms with E-state index in [1.807, 2.05) is 0 Å². The van der Waals surface area contributed by atoms with E-state index in [4.69, 9.17) is 23.2 Å². The molecule has 1 saturated carbocycles. The first-order valence-corrected chi connectivity index (χ1v) is 10.1. The molecule has 4 nitrogen and oxygen atoms in total. The molecule has 0 bridgehead atoms. The SMILES string of the molecule is O=C(NC1CCCC(C(F)(F)F)C1)C1CCCN1C(=O)c1cc(Cl)ccc1Cl. The van der Waals surface area contributed by atoms with Crippen LogP contribution in [-0.4, -0.2) is 41.5 Å². The van der Waals surface area contributed by atoms with Crippen LogP contribution in [0.2, 0.25) is 10.0 Å². The summed E-state index contributed by atoms with van der Waals surface area (Å²) < 4.78 is 39.0. The van der Waals surface area contributed by atoms with Crippen LogP contribution in [0.3, 0.4) is 0 Å². The van der Waals surface area contributed by atoms with Gasteiger partial charge in [-0.1, -0.05) is 29.6 Å². The molecule has 1 saturated heterocycles. The van der Waals surface area contributed by atoms with Gasteiger partial charge in [-0.25, -0.2) is 0 Å². The fourth-order valence-corrected chi connectivity index (χ4v) is 4.38. The van der Waals surface area contributed by atoms with Gasteiger partial charge in [-0.2, -0.15) is 13.2 Å². The van der Waals surface area contributed by atoms with E-state index in [0.29, 0.717) is 37.3 Å². The summed E-state index contributed by atoms with van der Waals surface area (Å²) in [4.78, 5) is 27.0. The molecule has 3 unspecified atom stereocenters. The summed E-state index contributed by atoms with van der Waals surface area (Å²) in [6.45, 7) is 0.385. The van der Waals surface area contributed by atoms with Gasteiger partial charge in [0.05, 0.1) is 16.5 Å². The van der Waals surface area contributed by atoms with E-state index in [1.54, 1.807) is 6.07 Å². The lowest BCUT2D eigenvalue weighted by Crippen LogP contribution is -2.50. The predicted octanol–water partition coefficient (Wildman–Crippen LogP) is 4.84. The van der Waals surface area contributed by atoms with Crippen LogP contribution in [0.4, 0.5) is 13.2 Å². The zero-order valence-corrected chi connectivity index (χ0v) is 16.6. The lowest BCUT2D eigenvalue weighted by atomic mass is 9.85. The second-order valence-electron chi connectivity index (χ2n) is 7.39. The second kappa shape index (κ2) is 8.49. The van der Waals surface area contributed by atoms with Crippen molar-refractivity contribution in [1.29, 1.82) is 0 Å². The number of hydrogen-bond acceptors (Lipinski definition) is 2. The number of benzene rings is 1. The van der Waals surface area contributed by atoms with E-state index in [2.05, 4.69) is 5.32 Å². The molecule has 1 aromatic carbocycles. The van der Waals surface area contributed by atoms with E-state index in [-0.39, 0.29) is 23.4 Å². The lowest BCUT2D eigenvalue weighted by molar-refractivity contribution is -0.184. The molecule has 3 rings (SSSR count). The summed E-state index contributed by atoms with van der Waals surface area (Å²) in [6.07, 6.45) is -2.24. The molecule has 2 fully saturated rings. The fourth-order valence-electron chi connectivity index (χ4n) is 4.01. The maximum Gasteiger partial charge on any atom is 0.391 e. The van der Waals surface area contributed by atoms with Gasteiger partial charge >= 0.3 is 6.18 Å². The molecule has 1 aliphatic heterocycles. The Morgan fingerprint density at radius 3 is 2.57 bits per heavy atom. The predicted molar refractivity (Wildman–Crippen MR) is 100 cm³/mol. The zero-order chi connectivity index (χ0) is 20.5. The number of carbonyl (C=O) groups is 2. The Balaban J connectivity index is 1.68. The molecule has 1 N–H and O–H groups in total. The van der Waals surface area contributed by atoms with Gasteiger partial charge in [-0.15, -0.1) is 0 Å². The molecule has 1 aliphatic carbocycles. The maximum atomic E-state index is 13.0. The average Bonchev–Trinajstić information content (AvgIpc) is 3.12. The molecule has 9 heteroatoms. The molecule has 0 aromatic heterocycles. The minimum absolute atomic E-state index is 0.0944. The van der Waals surface area contributed by atoms with Gasteiger partial charge in [-0.3, -0.25) is 9.59 Å². The highest BCUT2D eigenvalue weighted by Crippen LogP contribution is 2.37. The number of likely N-dealkylation sites (tertiary alicyclic amines) is 1. The molecule has 3 atom stereocenters. The Kier molecular flexibility index (Phi) is 6.44. The van der Waals surface area contributed by atoms with Gasteiger partial charge in [0.1, 0.15) is 6.04 Å². The van der Waals surface area contributed by atoms with Gasteiger partial charge in [0.2, 0.25) is 5.91 Å². The normalized spacial score (nSPS) is 25.6. The average molecular weight is 437 g/mol. The van der Waals surface area contributed by atoms with E-state index in [0.717, 1.165) is 0 Å². The van der Waals surface area contributed by atoms with Crippen LogP contribution in [0, 0.1) is 5.92 Å². The van der Waals surface area contributed by atoms with Gasteiger partial charge in [0.15, 0.2) is 0 Å². The molecule has 154 valence electrons. The highest BCUT2D eigenvalue weighted by atomic mass is 35.5. The fraction of sp³-hybridized carbons (Fsp3) is 0.579. The Bertz CT molecular complexity index is 757. The van der Waals surface area contributed by atoms with Crippen molar-refractivity contribution < 1.29 is 22.8 Å². The first kappa shape index (κ1) is 21.2. The lowest BCUT2D eigenvalue weighted by Gasteiger charge is -2.32. The van der Waals surface area contributed by atoms with Crippen molar-refractivity contribution in [2.45, 2.75) is 56.8 Å². The number of alkyl halides is 3. The van der Waals surface area contributed by atoms with Crippen LogP contribution in [0.5, 0.6) is 0 Å². The van der Waals surface area contributed by atoms with E-state index in [1.165, 1.54) is 17.0 Å². The van der Waals surface area contributed by atoms with Gasteiger partial charge in [0.25, 0.3) is 5.91 Å². The highest BCUT2D eigenvalue weighted by molar-refractivity contribution is 6.35. The Morgan fingerprint density at radius 1 is 1.11 bits per heavy atom. The molecule has 0 spiro atoms. The van der Waals surface area contributed by atoms with Crippen LogP contribution in [0.15, 0.2) is 18.2 Å². The largest absolute Gasteiger partial charge is 0.391 e.